The van der Waals surface area contributed by atoms with E-state index in [0.717, 1.165) is 12.8 Å². The first-order chi connectivity index (χ1) is 10.2. The van der Waals surface area contributed by atoms with Gasteiger partial charge in [-0.05, 0) is 36.6 Å². The Balaban J connectivity index is 1.80. The third kappa shape index (κ3) is 4.24. The molecule has 0 aliphatic rings. The Bertz CT molecular complexity index is 597. The maximum absolute atomic E-state index is 12.0. The number of nitrogens with two attached hydrogens (primary N) is 1. The molecule has 4 heteroatoms. The molecular formula is C17H20N2O2. The molecule has 2 aromatic carbocycles. The number of nitrogen functional groups attached to an aromatic ring is 1. The smallest absolute Gasteiger partial charge is 0.251 e. The standard InChI is InChI=1S/C17H20N2O2/c1-21-16-10-9-14(12-15(16)18)17(20)19-11-5-8-13-6-3-2-4-7-13/h2-4,6-7,9-10,12H,5,8,11,18H2,1H3,(H,19,20). The summed E-state index contributed by atoms with van der Waals surface area (Å²) in [6.07, 6.45) is 1.85. The van der Waals surface area contributed by atoms with Crippen molar-refractivity contribution in [2.75, 3.05) is 19.4 Å². The van der Waals surface area contributed by atoms with Gasteiger partial charge < -0.3 is 15.8 Å². The van der Waals surface area contributed by atoms with Gasteiger partial charge in [-0.3, -0.25) is 4.79 Å². The molecule has 0 saturated carbocycles. The first-order valence-corrected chi connectivity index (χ1v) is 6.96. The van der Waals surface area contributed by atoms with Gasteiger partial charge in [0.15, 0.2) is 0 Å². The summed E-state index contributed by atoms with van der Waals surface area (Å²) in [6.45, 7) is 0.639. The van der Waals surface area contributed by atoms with Crippen LogP contribution in [0.3, 0.4) is 0 Å². The summed E-state index contributed by atoms with van der Waals surface area (Å²) in [5.41, 5.74) is 8.09. The Labute approximate surface area is 124 Å². The average molecular weight is 284 g/mol. The number of benzene rings is 2. The molecular weight excluding hydrogens is 264 g/mol. The molecule has 0 spiro atoms. The third-order valence-corrected chi connectivity index (χ3v) is 3.26. The van der Waals surface area contributed by atoms with Crippen molar-refractivity contribution in [3.05, 3.63) is 59.7 Å². The van der Waals surface area contributed by atoms with Gasteiger partial charge in [0.05, 0.1) is 12.8 Å². The quantitative estimate of drug-likeness (QED) is 0.633. The van der Waals surface area contributed by atoms with Gasteiger partial charge in [0.25, 0.3) is 5.91 Å². The van der Waals surface area contributed by atoms with Crippen molar-refractivity contribution < 1.29 is 9.53 Å². The van der Waals surface area contributed by atoms with Gasteiger partial charge in [0.1, 0.15) is 5.75 Å². The molecule has 2 aromatic rings. The molecule has 0 radical (unpaired) electrons. The Morgan fingerprint density at radius 3 is 2.62 bits per heavy atom. The van der Waals surface area contributed by atoms with Crippen molar-refractivity contribution in [1.82, 2.24) is 5.32 Å². The number of ether oxygens (including phenoxy) is 1. The van der Waals surface area contributed by atoms with Crippen LogP contribution in [0.4, 0.5) is 5.69 Å². The van der Waals surface area contributed by atoms with Crippen molar-refractivity contribution in [1.29, 1.82) is 0 Å². The van der Waals surface area contributed by atoms with E-state index in [0.29, 0.717) is 23.5 Å². The lowest BCUT2D eigenvalue weighted by Gasteiger charge is -2.08. The van der Waals surface area contributed by atoms with Crippen LogP contribution >= 0.6 is 0 Å². The number of aryl methyl sites for hydroxylation is 1. The minimum Gasteiger partial charge on any atom is -0.495 e. The van der Waals surface area contributed by atoms with E-state index in [9.17, 15) is 4.79 Å². The number of anilines is 1. The Morgan fingerprint density at radius 1 is 1.19 bits per heavy atom. The van der Waals surface area contributed by atoms with Crippen molar-refractivity contribution in [2.45, 2.75) is 12.8 Å². The normalized spacial score (nSPS) is 10.1. The van der Waals surface area contributed by atoms with Crippen molar-refractivity contribution in [3.8, 4) is 5.75 Å². The number of carbonyl (C=O) groups excluding carboxylic acids is 1. The minimum absolute atomic E-state index is 0.114. The van der Waals surface area contributed by atoms with Crippen molar-refractivity contribution in [3.63, 3.8) is 0 Å². The van der Waals surface area contributed by atoms with Crippen molar-refractivity contribution >= 4 is 11.6 Å². The molecule has 1 amide bonds. The molecule has 0 saturated heterocycles. The summed E-state index contributed by atoms with van der Waals surface area (Å²) in [6, 6.07) is 15.3. The highest BCUT2D eigenvalue weighted by molar-refractivity contribution is 5.95. The lowest BCUT2D eigenvalue weighted by Crippen LogP contribution is -2.24. The highest BCUT2D eigenvalue weighted by atomic mass is 16.5. The summed E-state index contributed by atoms with van der Waals surface area (Å²) in [7, 11) is 1.55. The third-order valence-electron chi connectivity index (χ3n) is 3.26. The Hall–Kier alpha value is -2.49. The fraction of sp³-hybridized carbons (Fsp3) is 0.235. The van der Waals surface area contributed by atoms with Gasteiger partial charge >= 0.3 is 0 Å². The number of methoxy groups -OCH3 is 1. The second-order valence-electron chi connectivity index (χ2n) is 4.80. The number of carbonyl (C=O) groups is 1. The minimum atomic E-state index is -0.114. The molecule has 4 nitrogen and oxygen atoms in total. The second-order valence-corrected chi connectivity index (χ2v) is 4.80. The van der Waals surface area contributed by atoms with Crippen molar-refractivity contribution in [2.24, 2.45) is 0 Å². The topological polar surface area (TPSA) is 64.3 Å². The SMILES string of the molecule is COc1ccc(C(=O)NCCCc2ccccc2)cc1N. The van der Waals surface area contributed by atoms with Crippen LogP contribution in [0.5, 0.6) is 5.75 Å². The summed E-state index contributed by atoms with van der Waals surface area (Å²) in [5.74, 6) is 0.466. The molecule has 110 valence electrons. The zero-order valence-electron chi connectivity index (χ0n) is 12.1. The van der Waals surface area contributed by atoms with E-state index in [2.05, 4.69) is 17.4 Å². The highest BCUT2D eigenvalue weighted by Gasteiger charge is 2.07. The Morgan fingerprint density at radius 2 is 1.95 bits per heavy atom. The van der Waals surface area contributed by atoms with Crippen LogP contribution in [0.15, 0.2) is 48.5 Å². The van der Waals surface area contributed by atoms with Gasteiger partial charge in [-0.25, -0.2) is 0 Å². The zero-order valence-corrected chi connectivity index (χ0v) is 12.1. The lowest BCUT2D eigenvalue weighted by atomic mass is 10.1. The highest BCUT2D eigenvalue weighted by Crippen LogP contribution is 2.21. The number of amides is 1. The van der Waals surface area contributed by atoms with Gasteiger partial charge in [-0.15, -0.1) is 0 Å². The Kier molecular flexibility index (Phi) is 5.21. The van der Waals surface area contributed by atoms with E-state index in [1.54, 1.807) is 25.3 Å². The first-order valence-electron chi connectivity index (χ1n) is 6.96. The largest absolute Gasteiger partial charge is 0.495 e. The van der Waals surface area contributed by atoms with E-state index in [4.69, 9.17) is 10.5 Å². The summed E-state index contributed by atoms with van der Waals surface area (Å²) in [5, 5.41) is 2.90. The van der Waals surface area contributed by atoms with Crippen LogP contribution in [-0.4, -0.2) is 19.6 Å². The van der Waals surface area contributed by atoms with Gasteiger partial charge in [-0.2, -0.15) is 0 Å². The van der Waals surface area contributed by atoms with Crippen LogP contribution < -0.4 is 15.8 Å². The van der Waals surface area contributed by atoms with Crippen LogP contribution in [0.25, 0.3) is 0 Å². The second kappa shape index (κ2) is 7.33. The molecule has 0 unspecified atom stereocenters. The molecule has 0 aromatic heterocycles. The summed E-state index contributed by atoms with van der Waals surface area (Å²) in [4.78, 5) is 12.0. The fourth-order valence-electron chi connectivity index (χ4n) is 2.12. The number of rotatable bonds is 6. The molecule has 0 aliphatic carbocycles. The zero-order chi connectivity index (χ0) is 15.1. The lowest BCUT2D eigenvalue weighted by molar-refractivity contribution is 0.0953. The monoisotopic (exact) mass is 284 g/mol. The predicted octanol–water partition coefficient (Wildman–Crippen LogP) is 2.64. The summed E-state index contributed by atoms with van der Waals surface area (Å²) >= 11 is 0. The molecule has 0 heterocycles. The molecule has 0 atom stereocenters. The van der Waals surface area contributed by atoms with Crippen LogP contribution in [0, 0.1) is 0 Å². The maximum Gasteiger partial charge on any atom is 0.251 e. The molecule has 2 rings (SSSR count). The molecule has 0 fully saturated rings. The van der Waals surface area contributed by atoms with E-state index in [1.165, 1.54) is 5.56 Å². The van der Waals surface area contributed by atoms with Crippen LogP contribution in [-0.2, 0) is 6.42 Å². The van der Waals surface area contributed by atoms with E-state index in [1.807, 2.05) is 18.2 Å². The molecule has 3 N–H and O–H groups in total. The number of nitrogens with one attached hydrogen (secondary N) is 1. The maximum atomic E-state index is 12.0. The average Bonchev–Trinajstić information content (AvgIpc) is 2.52. The molecule has 0 bridgehead atoms. The van der Waals surface area contributed by atoms with Crippen LogP contribution in [0.2, 0.25) is 0 Å². The van der Waals surface area contributed by atoms with Gasteiger partial charge in [0.2, 0.25) is 0 Å². The van der Waals surface area contributed by atoms with E-state index < -0.39 is 0 Å². The number of hydrogen-bond donors (Lipinski definition) is 2. The molecule has 21 heavy (non-hydrogen) atoms. The van der Waals surface area contributed by atoms with Gasteiger partial charge in [-0.1, -0.05) is 30.3 Å². The fourth-order valence-corrected chi connectivity index (χ4v) is 2.12. The van der Waals surface area contributed by atoms with E-state index >= 15 is 0 Å². The molecule has 0 aliphatic heterocycles. The number of hydrogen-bond acceptors (Lipinski definition) is 3. The predicted molar refractivity (Wildman–Crippen MR) is 84.5 cm³/mol. The summed E-state index contributed by atoms with van der Waals surface area (Å²) < 4.78 is 5.07. The van der Waals surface area contributed by atoms with E-state index in [-0.39, 0.29) is 5.91 Å². The van der Waals surface area contributed by atoms with Gasteiger partial charge in [0, 0.05) is 12.1 Å². The first kappa shape index (κ1) is 14.9. The van der Waals surface area contributed by atoms with Crippen LogP contribution in [0.1, 0.15) is 22.3 Å².